The van der Waals surface area contributed by atoms with Gasteiger partial charge in [-0.05, 0) is 62.0 Å². The predicted octanol–water partition coefficient (Wildman–Crippen LogP) is 3.52. The maximum atomic E-state index is 12.9. The fourth-order valence-electron chi connectivity index (χ4n) is 6.71. The van der Waals surface area contributed by atoms with Gasteiger partial charge in [-0.3, -0.25) is 0 Å². The smallest absolute Gasteiger partial charge is 0.332 e. The van der Waals surface area contributed by atoms with Gasteiger partial charge in [0.15, 0.2) is 0 Å². The summed E-state index contributed by atoms with van der Waals surface area (Å²) < 4.78 is 18.8. The van der Waals surface area contributed by atoms with E-state index in [1.165, 1.54) is 6.08 Å². The first-order chi connectivity index (χ1) is 15.4. The summed E-state index contributed by atoms with van der Waals surface area (Å²) >= 11 is 0. The molecule has 2 saturated carbocycles. The van der Waals surface area contributed by atoms with Crippen molar-refractivity contribution in [3.05, 3.63) is 42.0 Å². The molecule has 0 spiro atoms. The quantitative estimate of drug-likeness (QED) is 0.538. The third kappa shape index (κ3) is 3.48. The van der Waals surface area contributed by atoms with E-state index in [4.69, 9.17) is 14.2 Å². The van der Waals surface area contributed by atoms with Crippen LogP contribution in [0.1, 0.15) is 51.5 Å². The van der Waals surface area contributed by atoms with E-state index >= 15 is 0 Å². The van der Waals surface area contributed by atoms with Gasteiger partial charge in [0.2, 0.25) is 0 Å². The number of ether oxygens (including phenoxy) is 3. The molecule has 172 valence electrons. The summed E-state index contributed by atoms with van der Waals surface area (Å²) in [5.74, 6) is 0.00867. The highest BCUT2D eigenvalue weighted by atomic mass is 16.6. The van der Waals surface area contributed by atoms with Gasteiger partial charge in [-0.25, -0.2) is 9.59 Å². The predicted molar refractivity (Wildman–Crippen MR) is 117 cm³/mol. The summed E-state index contributed by atoms with van der Waals surface area (Å²) in [6.45, 7) is 3.64. The number of aliphatic hydroxyl groups is 1. The summed E-state index contributed by atoms with van der Waals surface area (Å²) in [4.78, 5) is 24.9. The maximum absolute atomic E-state index is 12.9. The molecule has 0 amide bonds. The lowest BCUT2D eigenvalue weighted by Gasteiger charge is -2.51. The second kappa shape index (κ2) is 7.99. The minimum absolute atomic E-state index is 0.138. The zero-order chi connectivity index (χ0) is 22.5. The molecular weight excluding hydrogens is 408 g/mol. The average molecular weight is 441 g/mol. The lowest BCUT2D eigenvalue weighted by atomic mass is 9.71. The van der Waals surface area contributed by atoms with Crippen LogP contribution in [0.5, 0.6) is 0 Å². The van der Waals surface area contributed by atoms with Crippen LogP contribution in [-0.4, -0.2) is 47.1 Å². The highest BCUT2D eigenvalue weighted by Crippen LogP contribution is 2.66. The Morgan fingerprint density at radius 1 is 1.16 bits per heavy atom. The van der Waals surface area contributed by atoms with Gasteiger partial charge in [0.05, 0.1) is 0 Å². The van der Waals surface area contributed by atoms with Crippen molar-refractivity contribution < 1.29 is 28.9 Å². The third-order valence-corrected chi connectivity index (χ3v) is 8.30. The second-order valence-corrected chi connectivity index (χ2v) is 10.2. The SMILES string of the molecule is CC1CCC2C1[C@H](OC(=O)/C=C/c1ccccc1)C1(C3CC3)CC(OC(=O)CO)C2(C)O1. The van der Waals surface area contributed by atoms with Gasteiger partial charge < -0.3 is 19.3 Å². The molecule has 2 aliphatic carbocycles. The number of aliphatic hydroxyl groups excluding tert-OH is 1. The number of rotatable bonds is 6. The second-order valence-electron chi connectivity index (χ2n) is 10.2. The lowest BCUT2D eigenvalue weighted by molar-refractivity contribution is -0.259. The number of esters is 2. The molecule has 7 atom stereocenters. The van der Waals surface area contributed by atoms with E-state index in [9.17, 15) is 14.7 Å². The molecule has 2 heterocycles. The van der Waals surface area contributed by atoms with E-state index in [2.05, 4.69) is 13.8 Å². The van der Waals surface area contributed by atoms with Crippen molar-refractivity contribution in [2.75, 3.05) is 6.61 Å². The van der Waals surface area contributed by atoms with Gasteiger partial charge >= 0.3 is 11.9 Å². The zero-order valence-electron chi connectivity index (χ0n) is 18.7. The number of hydrogen-bond acceptors (Lipinski definition) is 6. The zero-order valence-corrected chi connectivity index (χ0v) is 18.7. The molecule has 1 aromatic rings. The van der Waals surface area contributed by atoms with E-state index in [-0.39, 0.29) is 23.9 Å². The molecule has 2 aliphatic heterocycles. The standard InChI is InChI=1S/C26H32O6/c1-16-8-12-19-23(16)24(31-21(28)13-9-17-6-4-3-5-7-17)26(18-10-11-18)14-20(25(19,2)32-26)30-22(29)15-27/h3-7,9,13,16,18-20,23-24,27H,8,10-12,14-15H2,1-2H3/b13-9+/t16?,19?,20?,23?,24-,25?,26?/m0/s1. The number of hydrogen-bond donors (Lipinski definition) is 1. The third-order valence-electron chi connectivity index (χ3n) is 8.30. The van der Waals surface area contributed by atoms with Gasteiger partial charge in [0.25, 0.3) is 0 Å². The van der Waals surface area contributed by atoms with Crippen molar-refractivity contribution in [3.8, 4) is 0 Å². The van der Waals surface area contributed by atoms with Crippen molar-refractivity contribution in [1.29, 1.82) is 0 Å². The normalized spacial score (nSPS) is 40.3. The van der Waals surface area contributed by atoms with Crippen molar-refractivity contribution in [1.82, 2.24) is 0 Å². The van der Waals surface area contributed by atoms with Crippen LogP contribution in [0.3, 0.4) is 0 Å². The Morgan fingerprint density at radius 2 is 1.91 bits per heavy atom. The first-order valence-corrected chi connectivity index (χ1v) is 11.8. The molecule has 6 heteroatoms. The average Bonchev–Trinajstić information content (AvgIpc) is 3.52. The van der Waals surface area contributed by atoms with Crippen LogP contribution >= 0.6 is 0 Å². The van der Waals surface area contributed by atoms with Crippen LogP contribution in [0.2, 0.25) is 0 Å². The van der Waals surface area contributed by atoms with E-state index in [1.54, 1.807) is 6.08 Å². The van der Waals surface area contributed by atoms with Crippen molar-refractivity contribution in [2.24, 2.45) is 23.7 Å². The van der Waals surface area contributed by atoms with Crippen LogP contribution in [0, 0.1) is 23.7 Å². The minimum atomic E-state index is -0.643. The highest BCUT2D eigenvalue weighted by Gasteiger charge is 2.74. The summed E-state index contributed by atoms with van der Waals surface area (Å²) in [5.41, 5.74) is -0.311. The summed E-state index contributed by atoms with van der Waals surface area (Å²) in [5, 5.41) is 9.27. The van der Waals surface area contributed by atoms with Crippen LogP contribution < -0.4 is 0 Å². The molecule has 6 unspecified atom stereocenters. The minimum Gasteiger partial charge on any atom is -0.457 e. The molecule has 1 aromatic carbocycles. The summed E-state index contributed by atoms with van der Waals surface area (Å²) in [6, 6.07) is 9.68. The Balaban J connectivity index is 1.45. The monoisotopic (exact) mass is 440 g/mol. The van der Waals surface area contributed by atoms with Gasteiger partial charge in [0.1, 0.15) is 30.0 Å². The molecule has 2 bridgehead atoms. The van der Waals surface area contributed by atoms with Crippen molar-refractivity contribution in [3.63, 3.8) is 0 Å². The van der Waals surface area contributed by atoms with Crippen molar-refractivity contribution >= 4 is 18.0 Å². The molecule has 0 aromatic heterocycles. The van der Waals surface area contributed by atoms with E-state index < -0.39 is 29.9 Å². The molecule has 6 nitrogen and oxygen atoms in total. The van der Waals surface area contributed by atoms with E-state index in [0.717, 1.165) is 31.2 Å². The number of carbonyl (C=O) groups excluding carboxylic acids is 2. The fraction of sp³-hybridized carbons (Fsp3) is 0.615. The molecule has 5 rings (SSSR count). The molecule has 1 N–H and O–H groups in total. The number of benzene rings is 1. The summed E-state index contributed by atoms with van der Waals surface area (Å²) in [6.07, 6.45) is 7.01. The van der Waals surface area contributed by atoms with E-state index in [0.29, 0.717) is 18.3 Å². The van der Waals surface area contributed by atoms with Gasteiger partial charge in [-0.2, -0.15) is 0 Å². The Bertz CT molecular complexity index is 908. The van der Waals surface area contributed by atoms with E-state index in [1.807, 2.05) is 30.3 Å². The lowest BCUT2D eigenvalue weighted by Crippen LogP contribution is -2.61. The maximum Gasteiger partial charge on any atom is 0.332 e. The Labute approximate surface area is 188 Å². The first-order valence-electron chi connectivity index (χ1n) is 11.8. The Kier molecular flexibility index (Phi) is 5.41. The van der Waals surface area contributed by atoms with Gasteiger partial charge in [-0.1, -0.05) is 37.3 Å². The van der Waals surface area contributed by atoms with Crippen LogP contribution in [0.4, 0.5) is 0 Å². The van der Waals surface area contributed by atoms with Crippen molar-refractivity contribution in [2.45, 2.75) is 69.4 Å². The fourth-order valence-corrected chi connectivity index (χ4v) is 6.71. The first kappa shape index (κ1) is 21.7. The number of carbonyl (C=O) groups is 2. The Hall–Kier alpha value is -2.18. The highest BCUT2D eigenvalue weighted by molar-refractivity contribution is 5.87. The molecule has 0 radical (unpaired) electrons. The molecule has 2 saturated heterocycles. The molecule has 4 aliphatic rings. The largest absolute Gasteiger partial charge is 0.457 e. The van der Waals surface area contributed by atoms with Gasteiger partial charge in [0, 0.05) is 18.4 Å². The topological polar surface area (TPSA) is 82.1 Å². The van der Waals surface area contributed by atoms with Crippen LogP contribution in [0.25, 0.3) is 6.08 Å². The molecular formula is C26H32O6. The molecule has 32 heavy (non-hydrogen) atoms. The molecule has 4 fully saturated rings. The number of fused-ring (bicyclic) bond motifs is 4. The summed E-state index contributed by atoms with van der Waals surface area (Å²) in [7, 11) is 0. The van der Waals surface area contributed by atoms with Crippen LogP contribution in [0.15, 0.2) is 36.4 Å². The van der Waals surface area contributed by atoms with Crippen LogP contribution in [-0.2, 0) is 23.8 Å². The van der Waals surface area contributed by atoms with Gasteiger partial charge in [-0.15, -0.1) is 0 Å². The Morgan fingerprint density at radius 3 is 2.59 bits per heavy atom.